The van der Waals surface area contributed by atoms with E-state index in [-0.39, 0.29) is 6.10 Å². The van der Waals surface area contributed by atoms with Gasteiger partial charge in [-0.05, 0) is 0 Å². The zero-order chi connectivity index (χ0) is 8.39. The SMILES string of the molecule is OC1COCCN(CC2CO2)C1. The predicted molar refractivity (Wildman–Crippen MR) is 43.0 cm³/mol. The number of ether oxygens (including phenoxy) is 2. The summed E-state index contributed by atoms with van der Waals surface area (Å²) in [7, 11) is 0. The molecule has 4 nitrogen and oxygen atoms in total. The van der Waals surface area contributed by atoms with E-state index in [1.165, 1.54) is 0 Å². The Morgan fingerprint density at radius 3 is 3.00 bits per heavy atom. The van der Waals surface area contributed by atoms with Gasteiger partial charge in [0.1, 0.15) is 0 Å². The minimum Gasteiger partial charge on any atom is -0.389 e. The molecule has 12 heavy (non-hydrogen) atoms. The summed E-state index contributed by atoms with van der Waals surface area (Å²) in [5, 5.41) is 9.39. The quantitative estimate of drug-likeness (QED) is 0.548. The summed E-state index contributed by atoms with van der Waals surface area (Å²) in [5.74, 6) is 0. The molecule has 0 radical (unpaired) electrons. The van der Waals surface area contributed by atoms with Gasteiger partial charge >= 0.3 is 0 Å². The molecule has 0 saturated carbocycles. The summed E-state index contributed by atoms with van der Waals surface area (Å²) < 4.78 is 10.3. The first-order valence-corrected chi connectivity index (χ1v) is 4.44. The summed E-state index contributed by atoms with van der Waals surface area (Å²) in [6.07, 6.45) is 0.0848. The maximum Gasteiger partial charge on any atom is 0.0936 e. The monoisotopic (exact) mass is 173 g/mol. The van der Waals surface area contributed by atoms with Crippen LogP contribution in [0, 0.1) is 0 Å². The third-order valence-corrected chi connectivity index (χ3v) is 2.20. The van der Waals surface area contributed by atoms with Gasteiger partial charge in [-0.25, -0.2) is 0 Å². The topological polar surface area (TPSA) is 45.2 Å². The molecule has 2 rings (SSSR count). The Labute approximate surface area is 72.1 Å². The third-order valence-electron chi connectivity index (χ3n) is 2.20. The Morgan fingerprint density at radius 1 is 1.42 bits per heavy atom. The van der Waals surface area contributed by atoms with Gasteiger partial charge in [0.15, 0.2) is 0 Å². The molecule has 0 aromatic carbocycles. The molecule has 2 aliphatic rings. The van der Waals surface area contributed by atoms with E-state index in [0.29, 0.717) is 12.7 Å². The van der Waals surface area contributed by atoms with Crippen molar-refractivity contribution in [3.8, 4) is 0 Å². The Kier molecular flexibility index (Phi) is 2.60. The highest BCUT2D eigenvalue weighted by Crippen LogP contribution is 2.12. The van der Waals surface area contributed by atoms with Crippen molar-refractivity contribution in [2.24, 2.45) is 0 Å². The third kappa shape index (κ3) is 2.42. The van der Waals surface area contributed by atoms with Crippen molar-refractivity contribution >= 4 is 0 Å². The summed E-state index contributed by atoms with van der Waals surface area (Å²) in [6, 6.07) is 0. The Bertz CT molecular complexity index is 149. The van der Waals surface area contributed by atoms with Crippen molar-refractivity contribution in [1.82, 2.24) is 4.90 Å². The lowest BCUT2D eigenvalue weighted by molar-refractivity contribution is 0.0562. The summed E-state index contributed by atoms with van der Waals surface area (Å²) in [5.41, 5.74) is 0. The van der Waals surface area contributed by atoms with Crippen molar-refractivity contribution in [3.63, 3.8) is 0 Å². The van der Waals surface area contributed by atoms with Crippen molar-refractivity contribution in [2.45, 2.75) is 12.2 Å². The zero-order valence-electron chi connectivity index (χ0n) is 7.11. The van der Waals surface area contributed by atoms with Gasteiger partial charge in [-0.15, -0.1) is 0 Å². The molecule has 0 spiro atoms. The second-order valence-electron chi connectivity index (χ2n) is 3.44. The van der Waals surface area contributed by atoms with Gasteiger partial charge in [-0.1, -0.05) is 0 Å². The fourth-order valence-electron chi connectivity index (χ4n) is 1.48. The van der Waals surface area contributed by atoms with Crippen molar-refractivity contribution in [3.05, 3.63) is 0 Å². The largest absolute Gasteiger partial charge is 0.389 e. The van der Waals surface area contributed by atoms with Gasteiger partial charge in [0, 0.05) is 19.6 Å². The van der Waals surface area contributed by atoms with Crippen LogP contribution in [0.2, 0.25) is 0 Å². The zero-order valence-corrected chi connectivity index (χ0v) is 7.11. The fourth-order valence-corrected chi connectivity index (χ4v) is 1.48. The van der Waals surface area contributed by atoms with Crippen LogP contribution in [-0.2, 0) is 9.47 Å². The van der Waals surface area contributed by atoms with Crippen molar-refractivity contribution in [1.29, 1.82) is 0 Å². The van der Waals surface area contributed by atoms with Gasteiger partial charge in [0.05, 0.1) is 32.0 Å². The minimum absolute atomic E-state index is 0.328. The molecule has 0 bridgehead atoms. The normalized spacial score (nSPS) is 37.8. The van der Waals surface area contributed by atoms with E-state index in [4.69, 9.17) is 9.47 Å². The molecule has 2 aliphatic heterocycles. The van der Waals surface area contributed by atoms with Gasteiger partial charge in [0.2, 0.25) is 0 Å². The Hall–Kier alpha value is -0.160. The van der Waals surface area contributed by atoms with Crippen LogP contribution in [0.1, 0.15) is 0 Å². The highest BCUT2D eigenvalue weighted by molar-refractivity contribution is 4.77. The second kappa shape index (κ2) is 3.70. The Morgan fingerprint density at radius 2 is 2.25 bits per heavy atom. The lowest BCUT2D eigenvalue weighted by Gasteiger charge is -2.19. The number of nitrogens with zero attached hydrogens (tertiary/aromatic N) is 1. The summed E-state index contributed by atoms with van der Waals surface area (Å²) >= 11 is 0. The van der Waals surface area contributed by atoms with E-state index in [9.17, 15) is 5.11 Å². The van der Waals surface area contributed by atoms with Crippen LogP contribution >= 0.6 is 0 Å². The van der Waals surface area contributed by atoms with E-state index < -0.39 is 0 Å². The average Bonchev–Trinajstić information content (AvgIpc) is 2.80. The van der Waals surface area contributed by atoms with Gasteiger partial charge in [-0.2, -0.15) is 0 Å². The van der Waals surface area contributed by atoms with Crippen LogP contribution in [0.3, 0.4) is 0 Å². The molecule has 2 heterocycles. The molecule has 0 amide bonds. The lowest BCUT2D eigenvalue weighted by atomic mass is 10.3. The fraction of sp³-hybridized carbons (Fsp3) is 1.00. The number of epoxide rings is 1. The number of aliphatic hydroxyl groups excluding tert-OH is 1. The molecule has 1 N–H and O–H groups in total. The number of aliphatic hydroxyl groups is 1. The predicted octanol–water partition coefficient (Wildman–Crippen LogP) is -0.922. The number of hydrogen-bond donors (Lipinski definition) is 1. The molecular weight excluding hydrogens is 158 g/mol. The van der Waals surface area contributed by atoms with Crippen molar-refractivity contribution in [2.75, 3.05) is 39.5 Å². The molecule has 0 aromatic heterocycles. The summed E-state index contributed by atoms with van der Waals surface area (Å²) in [6.45, 7) is 4.66. The standard InChI is InChI=1S/C8H15NO3/c10-7-3-9(1-2-11-5-7)4-8-6-12-8/h7-8,10H,1-6H2. The average molecular weight is 173 g/mol. The van der Waals surface area contributed by atoms with Crippen LogP contribution in [0.25, 0.3) is 0 Å². The molecule has 2 saturated heterocycles. The highest BCUT2D eigenvalue weighted by atomic mass is 16.6. The number of rotatable bonds is 2. The van der Waals surface area contributed by atoms with E-state index in [1.54, 1.807) is 0 Å². The second-order valence-corrected chi connectivity index (χ2v) is 3.44. The van der Waals surface area contributed by atoms with Gasteiger partial charge < -0.3 is 14.6 Å². The maximum absolute atomic E-state index is 9.39. The van der Waals surface area contributed by atoms with E-state index in [1.807, 2.05) is 0 Å². The van der Waals surface area contributed by atoms with Crippen LogP contribution < -0.4 is 0 Å². The van der Waals surface area contributed by atoms with E-state index in [2.05, 4.69) is 4.90 Å². The van der Waals surface area contributed by atoms with Crippen LogP contribution in [0.15, 0.2) is 0 Å². The number of hydrogen-bond acceptors (Lipinski definition) is 4. The molecule has 0 aromatic rings. The van der Waals surface area contributed by atoms with Gasteiger partial charge in [0.25, 0.3) is 0 Å². The highest BCUT2D eigenvalue weighted by Gasteiger charge is 2.27. The van der Waals surface area contributed by atoms with Crippen LogP contribution in [0.5, 0.6) is 0 Å². The van der Waals surface area contributed by atoms with Crippen molar-refractivity contribution < 1.29 is 14.6 Å². The van der Waals surface area contributed by atoms with Crippen LogP contribution in [-0.4, -0.2) is 61.7 Å². The van der Waals surface area contributed by atoms with Crippen LogP contribution in [0.4, 0.5) is 0 Å². The molecule has 70 valence electrons. The lowest BCUT2D eigenvalue weighted by Crippen LogP contribution is -2.35. The Balaban J connectivity index is 1.77. The molecule has 2 atom stereocenters. The minimum atomic E-state index is -0.328. The maximum atomic E-state index is 9.39. The molecule has 0 aliphatic carbocycles. The van der Waals surface area contributed by atoms with Gasteiger partial charge in [-0.3, -0.25) is 4.90 Å². The van der Waals surface area contributed by atoms with E-state index in [0.717, 1.165) is 32.8 Å². The first kappa shape index (κ1) is 8.44. The van der Waals surface area contributed by atoms with E-state index >= 15 is 0 Å². The number of β-amino-alcohol motifs (C(OH)–C–C–N with tert-alkyl or cyclic N) is 1. The smallest absolute Gasteiger partial charge is 0.0936 e. The molecule has 2 fully saturated rings. The summed E-state index contributed by atoms with van der Waals surface area (Å²) in [4.78, 5) is 2.20. The molecular formula is C8H15NO3. The first-order valence-electron chi connectivity index (χ1n) is 4.44. The first-order chi connectivity index (χ1) is 5.84. The molecule has 4 heteroatoms. The molecule has 2 unspecified atom stereocenters.